The third-order valence-electron chi connectivity index (χ3n) is 5.46. The van der Waals surface area contributed by atoms with Crippen molar-refractivity contribution in [1.82, 2.24) is 0 Å². The smallest absolute Gasteiger partial charge is 0.0373 e. The minimum atomic E-state index is 0.681. The highest BCUT2D eigenvalue weighted by Gasteiger charge is 2.24. The average Bonchev–Trinajstić information content (AvgIpc) is 3.04. The van der Waals surface area contributed by atoms with E-state index >= 15 is 0 Å². The number of benzene rings is 1. The van der Waals surface area contributed by atoms with Crippen LogP contribution in [0.2, 0.25) is 0 Å². The van der Waals surface area contributed by atoms with Crippen molar-refractivity contribution < 1.29 is 0 Å². The van der Waals surface area contributed by atoms with Crippen molar-refractivity contribution in [2.45, 2.75) is 64.8 Å². The summed E-state index contributed by atoms with van der Waals surface area (Å²) in [5.41, 5.74) is 4.16. The minimum absolute atomic E-state index is 0.681. The van der Waals surface area contributed by atoms with Crippen molar-refractivity contribution in [2.24, 2.45) is 5.92 Å². The van der Waals surface area contributed by atoms with Crippen LogP contribution in [0.3, 0.4) is 0 Å². The molecule has 1 aromatic carbocycles. The van der Waals surface area contributed by atoms with Gasteiger partial charge in [0.25, 0.3) is 0 Å². The van der Waals surface area contributed by atoms with Crippen molar-refractivity contribution in [3.05, 3.63) is 23.8 Å². The quantitative estimate of drug-likeness (QED) is 0.840. The van der Waals surface area contributed by atoms with Crippen molar-refractivity contribution in [3.63, 3.8) is 0 Å². The number of nitrogens with one attached hydrogen (secondary N) is 1. The number of hydrogen-bond donors (Lipinski definition) is 1. The second kappa shape index (κ2) is 6.72. The van der Waals surface area contributed by atoms with Crippen LogP contribution in [-0.4, -0.2) is 19.1 Å². The van der Waals surface area contributed by atoms with Crippen molar-refractivity contribution >= 4 is 11.4 Å². The molecular formula is C19H30N2. The highest BCUT2D eigenvalue weighted by atomic mass is 15.1. The van der Waals surface area contributed by atoms with Gasteiger partial charge in [-0.3, -0.25) is 0 Å². The fourth-order valence-electron chi connectivity index (χ4n) is 4.07. The number of rotatable bonds is 4. The highest BCUT2D eigenvalue weighted by Crippen LogP contribution is 2.31. The van der Waals surface area contributed by atoms with Gasteiger partial charge in [-0.1, -0.05) is 26.2 Å². The monoisotopic (exact) mass is 286 g/mol. The molecule has 1 aliphatic carbocycles. The predicted molar refractivity (Wildman–Crippen MR) is 92.3 cm³/mol. The standard InChI is InChI=1S/C19H30N2/c1-3-16-8-4-5-9-19(16)20-18-11-10-17(14-15(18)2)21-12-6-7-13-21/h10-11,14,16,19-20H,3-9,12-13H2,1-2H3. The topological polar surface area (TPSA) is 15.3 Å². The molecule has 0 spiro atoms. The van der Waals surface area contributed by atoms with Gasteiger partial charge in [-0.25, -0.2) is 0 Å². The molecule has 1 saturated carbocycles. The molecule has 1 heterocycles. The Balaban J connectivity index is 1.70. The maximum absolute atomic E-state index is 3.85. The van der Waals surface area contributed by atoms with Crippen LogP contribution in [0.15, 0.2) is 18.2 Å². The van der Waals surface area contributed by atoms with Gasteiger partial charge in [-0.2, -0.15) is 0 Å². The number of aryl methyl sites for hydroxylation is 1. The minimum Gasteiger partial charge on any atom is -0.382 e. The van der Waals surface area contributed by atoms with E-state index in [1.807, 2.05) is 0 Å². The lowest BCUT2D eigenvalue weighted by atomic mass is 9.82. The van der Waals surface area contributed by atoms with Crippen LogP contribution in [0.25, 0.3) is 0 Å². The number of hydrogen-bond acceptors (Lipinski definition) is 2. The number of nitrogens with zero attached hydrogens (tertiary/aromatic N) is 1. The van der Waals surface area contributed by atoms with Crippen LogP contribution < -0.4 is 10.2 Å². The van der Waals surface area contributed by atoms with Crippen molar-refractivity contribution in [1.29, 1.82) is 0 Å². The Bertz CT molecular complexity index is 463. The molecule has 3 rings (SSSR count). The van der Waals surface area contributed by atoms with Gasteiger partial charge < -0.3 is 10.2 Å². The summed E-state index contributed by atoms with van der Waals surface area (Å²) in [6.45, 7) is 7.05. The zero-order chi connectivity index (χ0) is 14.7. The van der Waals surface area contributed by atoms with Gasteiger partial charge in [0.1, 0.15) is 0 Å². The summed E-state index contributed by atoms with van der Waals surface area (Å²) in [6.07, 6.45) is 9.55. The van der Waals surface area contributed by atoms with Gasteiger partial charge in [0, 0.05) is 30.5 Å². The Labute approximate surface area is 129 Å². The average molecular weight is 286 g/mol. The molecule has 1 aromatic rings. The first-order chi connectivity index (χ1) is 10.3. The zero-order valence-electron chi connectivity index (χ0n) is 13.7. The maximum Gasteiger partial charge on any atom is 0.0373 e. The van der Waals surface area contributed by atoms with Crippen molar-refractivity contribution in [2.75, 3.05) is 23.3 Å². The first-order valence-corrected chi connectivity index (χ1v) is 8.90. The third-order valence-corrected chi connectivity index (χ3v) is 5.46. The molecule has 0 amide bonds. The van der Waals surface area contributed by atoms with E-state index in [0.29, 0.717) is 6.04 Å². The summed E-state index contributed by atoms with van der Waals surface area (Å²) < 4.78 is 0. The lowest BCUT2D eigenvalue weighted by molar-refractivity contribution is 0.317. The van der Waals surface area contributed by atoms with Gasteiger partial charge in [0.2, 0.25) is 0 Å². The van der Waals surface area contributed by atoms with Gasteiger partial charge in [-0.15, -0.1) is 0 Å². The second-order valence-electron chi connectivity index (χ2n) is 6.90. The van der Waals surface area contributed by atoms with Crippen LogP contribution in [-0.2, 0) is 0 Å². The van der Waals surface area contributed by atoms with Crippen LogP contribution >= 0.6 is 0 Å². The summed E-state index contributed by atoms with van der Waals surface area (Å²) in [5, 5.41) is 3.85. The lowest BCUT2D eigenvalue weighted by Crippen LogP contribution is -2.32. The molecule has 2 fully saturated rings. The van der Waals surface area contributed by atoms with E-state index in [2.05, 4.69) is 42.3 Å². The summed E-state index contributed by atoms with van der Waals surface area (Å²) >= 11 is 0. The largest absolute Gasteiger partial charge is 0.382 e. The van der Waals surface area contributed by atoms with Gasteiger partial charge in [0.15, 0.2) is 0 Å². The van der Waals surface area contributed by atoms with E-state index in [1.165, 1.54) is 75.0 Å². The first kappa shape index (κ1) is 14.7. The van der Waals surface area contributed by atoms with E-state index in [9.17, 15) is 0 Å². The molecule has 2 nitrogen and oxygen atoms in total. The van der Waals surface area contributed by atoms with Gasteiger partial charge in [-0.05, 0) is 62.3 Å². The molecule has 21 heavy (non-hydrogen) atoms. The van der Waals surface area contributed by atoms with E-state index in [1.54, 1.807) is 0 Å². The molecule has 0 aromatic heterocycles. The number of anilines is 2. The molecule has 2 unspecified atom stereocenters. The fourth-order valence-corrected chi connectivity index (χ4v) is 4.07. The van der Waals surface area contributed by atoms with Crippen LogP contribution in [0, 0.1) is 12.8 Å². The molecule has 2 atom stereocenters. The predicted octanol–water partition coefficient (Wildman–Crippen LogP) is 4.98. The Morgan fingerprint density at radius 2 is 1.86 bits per heavy atom. The zero-order valence-corrected chi connectivity index (χ0v) is 13.7. The summed E-state index contributed by atoms with van der Waals surface area (Å²) in [7, 11) is 0. The molecule has 1 N–H and O–H groups in total. The van der Waals surface area contributed by atoms with E-state index in [4.69, 9.17) is 0 Å². The van der Waals surface area contributed by atoms with E-state index < -0.39 is 0 Å². The van der Waals surface area contributed by atoms with Crippen LogP contribution in [0.5, 0.6) is 0 Å². The highest BCUT2D eigenvalue weighted by molar-refractivity contribution is 5.61. The molecule has 116 valence electrons. The van der Waals surface area contributed by atoms with Gasteiger partial charge in [0.05, 0.1) is 0 Å². The Hall–Kier alpha value is -1.18. The molecule has 1 aliphatic heterocycles. The van der Waals surface area contributed by atoms with E-state index in [0.717, 1.165) is 5.92 Å². The molecular weight excluding hydrogens is 256 g/mol. The van der Waals surface area contributed by atoms with E-state index in [-0.39, 0.29) is 0 Å². The molecule has 2 heteroatoms. The lowest BCUT2D eigenvalue weighted by Gasteiger charge is -2.33. The Morgan fingerprint density at radius 3 is 2.57 bits per heavy atom. The van der Waals surface area contributed by atoms with Crippen LogP contribution in [0.1, 0.15) is 57.4 Å². The van der Waals surface area contributed by atoms with Gasteiger partial charge >= 0.3 is 0 Å². The maximum atomic E-state index is 3.85. The Kier molecular flexibility index (Phi) is 4.72. The summed E-state index contributed by atoms with van der Waals surface area (Å²) in [5.74, 6) is 0.858. The molecule has 2 aliphatic rings. The van der Waals surface area contributed by atoms with Crippen molar-refractivity contribution in [3.8, 4) is 0 Å². The van der Waals surface area contributed by atoms with Crippen LogP contribution in [0.4, 0.5) is 11.4 Å². The third kappa shape index (κ3) is 3.36. The first-order valence-electron chi connectivity index (χ1n) is 8.90. The Morgan fingerprint density at radius 1 is 1.10 bits per heavy atom. The summed E-state index contributed by atoms with van der Waals surface area (Å²) in [6, 6.07) is 7.67. The summed E-state index contributed by atoms with van der Waals surface area (Å²) in [4.78, 5) is 2.52. The SMILES string of the molecule is CCC1CCCCC1Nc1ccc(N2CCCC2)cc1C. The molecule has 0 bridgehead atoms. The normalized spacial score (nSPS) is 26.1. The fraction of sp³-hybridized carbons (Fsp3) is 0.684. The molecule has 0 radical (unpaired) electrons. The molecule has 1 saturated heterocycles. The second-order valence-corrected chi connectivity index (χ2v) is 6.90.